The van der Waals surface area contributed by atoms with Gasteiger partial charge in [0.2, 0.25) is 0 Å². The third-order valence-electron chi connectivity index (χ3n) is 1.92. The van der Waals surface area contributed by atoms with Crippen LogP contribution in [-0.2, 0) is 17.0 Å². The fraction of sp³-hybridized carbons (Fsp3) is 0.222. The summed E-state index contributed by atoms with van der Waals surface area (Å²) in [6.45, 7) is 0. The predicted octanol–water partition coefficient (Wildman–Crippen LogP) is 2.79. The number of carboxylic acids is 1. The van der Waals surface area contributed by atoms with Crippen molar-refractivity contribution in [1.82, 2.24) is 0 Å². The van der Waals surface area contributed by atoms with Gasteiger partial charge in [-0.1, -0.05) is 11.6 Å². The van der Waals surface area contributed by atoms with Crippen LogP contribution in [0.1, 0.15) is 15.9 Å². The van der Waals surface area contributed by atoms with Gasteiger partial charge in [-0.15, -0.1) is 0 Å². The molecule has 1 atom stereocenters. The van der Waals surface area contributed by atoms with Crippen LogP contribution < -0.4 is 0 Å². The van der Waals surface area contributed by atoms with E-state index in [2.05, 4.69) is 0 Å². The lowest BCUT2D eigenvalue weighted by atomic mass is 10.1. The Morgan fingerprint density at radius 1 is 1.41 bits per heavy atom. The van der Waals surface area contributed by atoms with Gasteiger partial charge in [0.05, 0.1) is 31.8 Å². The Kier molecular flexibility index (Phi) is 3.83. The van der Waals surface area contributed by atoms with Gasteiger partial charge in [-0.05, 0) is 12.1 Å². The first-order valence-electron chi connectivity index (χ1n) is 4.12. The maximum absolute atomic E-state index is 12.6. The van der Waals surface area contributed by atoms with Crippen molar-refractivity contribution in [3.05, 3.63) is 28.3 Å². The van der Waals surface area contributed by atoms with Crippen molar-refractivity contribution in [2.24, 2.45) is 0 Å². The molecular formula is C9H6ClF3O3S. The van der Waals surface area contributed by atoms with Gasteiger partial charge in [0, 0.05) is 6.26 Å². The summed E-state index contributed by atoms with van der Waals surface area (Å²) >= 11 is 5.54. The minimum atomic E-state index is -4.73. The summed E-state index contributed by atoms with van der Waals surface area (Å²) in [6.07, 6.45) is -3.73. The number of rotatable bonds is 2. The molecule has 0 saturated heterocycles. The highest BCUT2D eigenvalue weighted by molar-refractivity contribution is 7.84. The van der Waals surface area contributed by atoms with Gasteiger partial charge >= 0.3 is 12.1 Å². The third-order valence-corrected chi connectivity index (χ3v) is 3.42. The van der Waals surface area contributed by atoms with E-state index < -0.39 is 44.0 Å². The van der Waals surface area contributed by atoms with Crippen LogP contribution in [-0.4, -0.2) is 21.5 Å². The summed E-state index contributed by atoms with van der Waals surface area (Å²) in [5, 5.41) is 8.06. The molecule has 0 heterocycles. The SMILES string of the molecule is CS(=O)c1c(C(F)(F)F)ccc(C(=O)O)c1Cl. The quantitative estimate of drug-likeness (QED) is 0.909. The van der Waals surface area contributed by atoms with E-state index in [1.165, 1.54) is 0 Å². The molecule has 0 aromatic heterocycles. The zero-order valence-corrected chi connectivity index (χ0v) is 9.91. The van der Waals surface area contributed by atoms with Crippen molar-refractivity contribution in [3.63, 3.8) is 0 Å². The molecule has 0 aliphatic carbocycles. The standard InChI is InChI=1S/C9H6ClF3O3S/c1-17(16)7-5(9(11,12)13)3-2-4(6(7)10)8(14)15/h2-3H,1H3,(H,14,15). The molecule has 1 unspecified atom stereocenters. The molecule has 94 valence electrons. The second-order valence-corrected chi connectivity index (χ2v) is 4.76. The monoisotopic (exact) mass is 286 g/mol. The molecule has 8 heteroatoms. The maximum Gasteiger partial charge on any atom is 0.417 e. The van der Waals surface area contributed by atoms with Crippen LogP contribution in [0.5, 0.6) is 0 Å². The Labute approximate surface area is 102 Å². The van der Waals surface area contributed by atoms with Crippen molar-refractivity contribution in [1.29, 1.82) is 0 Å². The highest BCUT2D eigenvalue weighted by Crippen LogP contribution is 2.38. The first-order valence-corrected chi connectivity index (χ1v) is 6.06. The lowest BCUT2D eigenvalue weighted by Gasteiger charge is -2.13. The largest absolute Gasteiger partial charge is 0.478 e. The topological polar surface area (TPSA) is 54.4 Å². The normalized spacial score (nSPS) is 13.5. The Morgan fingerprint density at radius 3 is 2.29 bits per heavy atom. The van der Waals surface area contributed by atoms with Gasteiger partial charge in [0.25, 0.3) is 0 Å². The zero-order chi connectivity index (χ0) is 13.4. The van der Waals surface area contributed by atoms with E-state index in [-0.39, 0.29) is 0 Å². The fourth-order valence-corrected chi connectivity index (χ4v) is 2.65. The number of aromatic carboxylic acids is 1. The first kappa shape index (κ1) is 14.0. The van der Waals surface area contributed by atoms with Crippen LogP contribution in [0.3, 0.4) is 0 Å². The molecule has 3 nitrogen and oxygen atoms in total. The average molecular weight is 287 g/mol. The summed E-state index contributed by atoms with van der Waals surface area (Å²) in [6, 6.07) is 1.30. The Morgan fingerprint density at radius 2 is 1.94 bits per heavy atom. The number of hydrogen-bond acceptors (Lipinski definition) is 2. The van der Waals surface area contributed by atoms with Crippen molar-refractivity contribution >= 4 is 28.4 Å². The van der Waals surface area contributed by atoms with E-state index in [9.17, 15) is 22.2 Å². The summed E-state index contributed by atoms with van der Waals surface area (Å²) < 4.78 is 49.0. The molecule has 1 aromatic carbocycles. The highest BCUT2D eigenvalue weighted by atomic mass is 35.5. The number of alkyl halides is 3. The first-order chi connectivity index (χ1) is 7.66. The van der Waals surface area contributed by atoms with Gasteiger partial charge in [-0.25, -0.2) is 4.79 Å². The van der Waals surface area contributed by atoms with Crippen molar-refractivity contribution in [2.75, 3.05) is 6.26 Å². The van der Waals surface area contributed by atoms with Gasteiger partial charge in [-0.3, -0.25) is 4.21 Å². The van der Waals surface area contributed by atoms with Crippen LogP contribution in [0.15, 0.2) is 17.0 Å². The zero-order valence-electron chi connectivity index (χ0n) is 8.34. The second-order valence-electron chi connectivity index (χ2n) is 3.06. The highest BCUT2D eigenvalue weighted by Gasteiger charge is 2.36. The predicted molar refractivity (Wildman–Crippen MR) is 55.7 cm³/mol. The van der Waals surface area contributed by atoms with Crippen LogP contribution >= 0.6 is 11.6 Å². The average Bonchev–Trinajstić information content (AvgIpc) is 2.14. The van der Waals surface area contributed by atoms with Crippen LogP contribution in [0, 0.1) is 0 Å². The minimum Gasteiger partial charge on any atom is -0.478 e. The molecule has 0 bridgehead atoms. The Bertz CT molecular complexity index is 499. The van der Waals surface area contributed by atoms with Crippen LogP contribution in [0.4, 0.5) is 13.2 Å². The Hall–Kier alpha value is -1.08. The lowest BCUT2D eigenvalue weighted by molar-refractivity contribution is -0.139. The molecule has 1 aromatic rings. The van der Waals surface area contributed by atoms with Crippen LogP contribution in [0.2, 0.25) is 5.02 Å². The van der Waals surface area contributed by atoms with Gasteiger partial charge in [0.15, 0.2) is 0 Å². The summed E-state index contributed by atoms with van der Waals surface area (Å²) in [4.78, 5) is 9.98. The number of halogens is 4. The van der Waals surface area contributed by atoms with Gasteiger partial charge in [-0.2, -0.15) is 13.2 Å². The van der Waals surface area contributed by atoms with Crippen molar-refractivity contribution in [3.8, 4) is 0 Å². The summed E-state index contributed by atoms with van der Waals surface area (Å²) in [5.41, 5.74) is -1.70. The lowest BCUT2D eigenvalue weighted by Crippen LogP contribution is -2.12. The van der Waals surface area contributed by atoms with Gasteiger partial charge < -0.3 is 5.11 Å². The molecule has 0 saturated carbocycles. The molecule has 17 heavy (non-hydrogen) atoms. The molecule has 1 N–H and O–H groups in total. The van der Waals surface area contributed by atoms with E-state index in [4.69, 9.17) is 16.7 Å². The third kappa shape index (κ3) is 2.78. The van der Waals surface area contributed by atoms with E-state index >= 15 is 0 Å². The number of carboxylic acid groups (broad SMARTS) is 1. The van der Waals surface area contributed by atoms with Gasteiger partial charge in [0.1, 0.15) is 0 Å². The molecule has 0 aliphatic rings. The van der Waals surface area contributed by atoms with E-state index in [0.29, 0.717) is 6.07 Å². The molecule has 0 aliphatic heterocycles. The summed E-state index contributed by atoms with van der Waals surface area (Å²) in [5.74, 6) is -1.48. The Balaban J connectivity index is 3.63. The maximum atomic E-state index is 12.6. The molecule has 0 radical (unpaired) electrons. The molecule has 1 rings (SSSR count). The molecule has 0 amide bonds. The van der Waals surface area contributed by atoms with E-state index in [1.807, 2.05) is 0 Å². The molecular weight excluding hydrogens is 281 g/mol. The number of benzene rings is 1. The number of hydrogen-bond donors (Lipinski definition) is 1. The fourth-order valence-electron chi connectivity index (χ4n) is 1.23. The summed E-state index contributed by atoms with van der Waals surface area (Å²) in [7, 11) is -2.04. The molecule has 0 fully saturated rings. The minimum absolute atomic E-state index is 0.509. The molecule has 0 spiro atoms. The smallest absolute Gasteiger partial charge is 0.417 e. The van der Waals surface area contributed by atoms with E-state index in [0.717, 1.165) is 12.3 Å². The second kappa shape index (κ2) is 4.66. The number of carbonyl (C=O) groups is 1. The van der Waals surface area contributed by atoms with Crippen molar-refractivity contribution in [2.45, 2.75) is 11.1 Å². The van der Waals surface area contributed by atoms with Crippen LogP contribution in [0.25, 0.3) is 0 Å². The van der Waals surface area contributed by atoms with Crippen molar-refractivity contribution < 1.29 is 27.3 Å². The van der Waals surface area contributed by atoms with E-state index in [1.54, 1.807) is 0 Å².